The number of hydrogen-bond acceptors (Lipinski definition) is 3. The average molecular weight is 347 g/mol. The largest absolute Gasteiger partial charge is 0.445 e. The number of benzene rings is 2. The Bertz CT molecular complexity index is 825. The highest BCUT2D eigenvalue weighted by Gasteiger charge is 2.01. The van der Waals surface area contributed by atoms with Crippen molar-refractivity contribution in [2.45, 2.75) is 13.0 Å². The summed E-state index contributed by atoms with van der Waals surface area (Å²) in [5.41, 5.74) is 4.18. The number of carbonyl (C=O) groups is 1. The number of carbonyl (C=O) groups excluding carboxylic acids is 1. The van der Waals surface area contributed by atoms with Gasteiger partial charge in [0.2, 0.25) is 0 Å². The van der Waals surface area contributed by atoms with Gasteiger partial charge >= 0.3 is 6.09 Å². The van der Waals surface area contributed by atoms with Gasteiger partial charge in [-0.3, -0.25) is 5.10 Å². The number of amides is 1. The molecule has 0 bridgehead atoms. The molecule has 0 atom stereocenters. The number of alkyl carbamates (subject to hydrolysis) is 1. The van der Waals surface area contributed by atoms with E-state index in [1.807, 2.05) is 72.8 Å². The quantitative estimate of drug-likeness (QED) is 0.622. The maximum Gasteiger partial charge on any atom is 0.407 e. The third-order valence-corrected chi connectivity index (χ3v) is 3.83. The van der Waals surface area contributed by atoms with Crippen molar-refractivity contribution < 1.29 is 9.53 Å². The summed E-state index contributed by atoms with van der Waals surface area (Å²) >= 11 is 0. The zero-order valence-electron chi connectivity index (χ0n) is 14.4. The first-order chi connectivity index (χ1) is 12.8. The number of rotatable bonds is 7. The van der Waals surface area contributed by atoms with E-state index in [0.717, 1.165) is 28.8 Å². The Hall–Kier alpha value is -3.34. The second-order valence-corrected chi connectivity index (χ2v) is 5.77. The standard InChI is InChI=1S/C21H21N3O2/c25-21(26-16-18-7-2-1-3-8-18)22-14-5-4-6-17-9-11-19(12-10-17)20-13-15-23-24-20/h1-4,6-13,15H,5,14,16H2,(H,22,25)(H,23,24). The second-order valence-electron chi connectivity index (χ2n) is 5.77. The molecule has 0 saturated heterocycles. The van der Waals surface area contributed by atoms with Crippen LogP contribution in [-0.2, 0) is 11.3 Å². The molecular weight excluding hydrogens is 326 g/mol. The first-order valence-corrected chi connectivity index (χ1v) is 8.52. The third-order valence-electron chi connectivity index (χ3n) is 3.83. The number of aromatic nitrogens is 2. The van der Waals surface area contributed by atoms with Gasteiger partial charge in [-0.1, -0.05) is 66.7 Å². The molecule has 3 aromatic rings. The lowest BCUT2D eigenvalue weighted by Gasteiger charge is -2.05. The zero-order valence-corrected chi connectivity index (χ0v) is 14.4. The van der Waals surface area contributed by atoms with Crippen molar-refractivity contribution in [3.8, 4) is 11.3 Å². The van der Waals surface area contributed by atoms with Gasteiger partial charge in [-0.25, -0.2) is 4.79 Å². The number of nitrogens with zero attached hydrogens (tertiary/aromatic N) is 1. The van der Waals surface area contributed by atoms with Crippen molar-refractivity contribution in [2.75, 3.05) is 6.54 Å². The van der Waals surface area contributed by atoms with Gasteiger partial charge in [-0.05, 0) is 29.2 Å². The van der Waals surface area contributed by atoms with Crippen molar-refractivity contribution in [1.82, 2.24) is 15.5 Å². The minimum Gasteiger partial charge on any atom is -0.445 e. The molecule has 1 aromatic heterocycles. The molecule has 0 aliphatic carbocycles. The normalized spacial score (nSPS) is 10.8. The first-order valence-electron chi connectivity index (χ1n) is 8.52. The predicted octanol–water partition coefficient (Wildman–Crippen LogP) is 4.41. The van der Waals surface area contributed by atoms with Crippen LogP contribution in [0.1, 0.15) is 17.5 Å². The molecule has 0 spiro atoms. The lowest BCUT2D eigenvalue weighted by Crippen LogP contribution is -2.24. The molecule has 132 valence electrons. The van der Waals surface area contributed by atoms with Crippen molar-refractivity contribution in [3.63, 3.8) is 0 Å². The van der Waals surface area contributed by atoms with Crippen LogP contribution in [-0.4, -0.2) is 22.8 Å². The highest BCUT2D eigenvalue weighted by molar-refractivity contribution is 5.67. The average Bonchev–Trinajstić information content (AvgIpc) is 3.22. The van der Waals surface area contributed by atoms with E-state index in [9.17, 15) is 4.79 Å². The molecule has 5 nitrogen and oxygen atoms in total. The van der Waals surface area contributed by atoms with E-state index in [2.05, 4.69) is 15.5 Å². The van der Waals surface area contributed by atoms with Gasteiger partial charge in [0.1, 0.15) is 6.61 Å². The fraction of sp³-hybridized carbons (Fsp3) is 0.143. The lowest BCUT2D eigenvalue weighted by atomic mass is 10.1. The number of ether oxygens (including phenoxy) is 1. The maximum atomic E-state index is 11.6. The van der Waals surface area contributed by atoms with Crippen LogP contribution in [0.5, 0.6) is 0 Å². The van der Waals surface area contributed by atoms with E-state index in [-0.39, 0.29) is 6.61 Å². The summed E-state index contributed by atoms with van der Waals surface area (Å²) in [5, 5.41) is 9.64. The maximum absolute atomic E-state index is 11.6. The molecule has 26 heavy (non-hydrogen) atoms. The summed E-state index contributed by atoms with van der Waals surface area (Å²) in [4.78, 5) is 11.6. The van der Waals surface area contributed by atoms with E-state index in [0.29, 0.717) is 6.54 Å². The number of H-pyrrole nitrogens is 1. The molecule has 1 amide bonds. The Kier molecular flexibility index (Phi) is 6.20. The number of hydrogen-bond donors (Lipinski definition) is 2. The van der Waals surface area contributed by atoms with Crippen LogP contribution in [0, 0.1) is 0 Å². The number of nitrogens with one attached hydrogen (secondary N) is 2. The van der Waals surface area contributed by atoms with Crippen molar-refractivity contribution in [1.29, 1.82) is 0 Å². The summed E-state index contributed by atoms with van der Waals surface area (Å²) in [6, 6.07) is 19.8. The van der Waals surface area contributed by atoms with Crippen LogP contribution in [0.4, 0.5) is 4.79 Å². The molecular formula is C21H21N3O2. The van der Waals surface area contributed by atoms with Crippen molar-refractivity contribution in [2.24, 2.45) is 0 Å². The number of aromatic amines is 1. The van der Waals surface area contributed by atoms with Gasteiger partial charge < -0.3 is 10.1 Å². The van der Waals surface area contributed by atoms with Gasteiger partial charge in [0.25, 0.3) is 0 Å². The smallest absolute Gasteiger partial charge is 0.407 e. The fourth-order valence-corrected chi connectivity index (χ4v) is 2.44. The molecule has 5 heteroatoms. The van der Waals surface area contributed by atoms with Gasteiger partial charge in [-0.2, -0.15) is 5.10 Å². The molecule has 0 aliphatic heterocycles. The molecule has 0 saturated carbocycles. The Morgan fingerprint density at radius 3 is 2.62 bits per heavy atom. The van der Waals surface area contributed by atoms with E-state index >= 15 is 0 Å². The summed E-state index contributed by atoms with van der Waals surface area (Å²) < 4.78 is 5.16. The summed E-state index contributed by atoms with van der Waals surface area (Å²) in [6.45, 7) is 0.821. The molecule has 2 N–H and O–H groups in total. The second kappa shape index (κ2) is 9.22. The Labute approximate surface area is 152 Å². The Morgan fingerprint density at radius 1 is 1.08 bits per heavy atom. The van der Waals surface area contributed by atoms with Gasteiger partial charge in [0.05, 0.1) is 5.69 Å². The molecule has 0 radical (unpaired) electrons. The minimum absolute atomic E-state index is 0.283. The monoisotopic (exact) mass is 347 g/mol. The van der Waals surface area contributed by atoms with Crippen LogP contribution < -0.4 is 5.32 Å². The van der Waals surface area contributed by atoms with Crippen LogP contribution in [0.3, 0.4) is 0 Å². The third kappa shape index (κ3) is 5.34. The zero-order chi connectivity index (χ0) is 18.0. The van der Waals surface area contributed by atoms with E-state index < -0.39 is 6.09 Å². The summed E-state index contributed by atoms with van der Waals surface area (Å²) in [5.74, 6) is 0. The molecule has 2 aromatic carbocycles. The molecule has 3 rings (SSSR count). The van der Waals surface area contributed by atoms with Crippen molar-refractivity contribution >= 4 is 12.2 Å². The topological polar surface area (TPSA) is 67.0 Å². The van der Waals surface area contributed by atoms with E-state index in [4.69, 9.17) is 4.74 Å². The fourth-order valence-electron chi connectivity index (χ4n) is 2.44. The first kappa shape index (κ1) is 17.5. The van der Waals surface area contributed by atoms with Crippen LogP contribution in [0.25, 0.3) is 17.3 Å². The molecule has 0 aliphatic rings. The van der Waals surface area contributed by atoms with E-state index in [1.54, 1.807) is 6.20 Å². The van der Waals surface area contributed by atoms with Crippen LogP contribution in [0.2, 0.25) is 0 Å². The summed E-state index contributed by atoms with van der Waals surface area (Å²) in [7, 11) is 0. The molecule has 1 heterocycles. The highest BCUT2D eigenvalue weighted by atomic mass is 16.5. The van der Waals surface area contributed by atoms with Crippen molar-refractivity contribution in [3.05, 3.63) is 84.1 Å². The van der Waals surface area contributed by atoms with E-state index in [1.165, 1.54) is 0 Å². The predicted molar refractivity (Wildman–Crippen MR) is 102 cm³/mol. The van der Waals surface area contributed by atoms with Crippen LogP contribution >= 0.6 is 0 Å². The molecule has 0 unspecified atom stereocenters. The highest BCUT2D eigenvalue weighted by Crippen LogP contribution is 2.17. The van der Waals surface area contributed by atoms with Gasteiger partial charge in [-0.15, -0.1) is 0 Å². The molecule has 0 fully saturated rings. The SMILES string of the molecule is O=C(NCCC=Cc1ccc(-c2ccn[nH]2)cc1)OCc1ccccc1. The minimum atomic E-state index is -0.397. The Balaban J connectivity index is 1.36. The Morgan fingerprint density at radius 2 is 1.88 bits per heavy atom. The summed E-state index contributed by atoms with van der Waals surface area (Å²) in [6.07, 6.45) is 6.14. The van der Waals surface area contributed by atoms with Crippen LogP contribution in [0.15, 0.2) is 72.9 Å². The lowest BCUT2D eigenvalue weighted by molar-refractivity contribution is 0.140. The van der Waals surface area contributed by atoms with Gasteiger partial charge in [0, 0.05) is 12.7 Å². The van der Waals surface area contributed by atoms with Gasteiger partial charge in [0.15, 0.2) is 0 Å².